The Balaban J connectivity index is 1.93. The Bertz CT molecular complexity index is 1360. The van der Waals surface area contributed by atoms with Crippen molar-refractivity contribution in [2.45, 2.75) is 6.10 Å². The molecule has 13 heteroatoms. The van der Waals surface area contributed by atoms with Crippen LogP contribution >= 0.6 is 22.6 Å². The van der Waals surface area contributed by atoms with Gasteiger partial charge in [0.15, 0.2) is 0 Å². The van der Waals surface area contributed by atoms with Crippen molar-refractivity contribution < 1.29 is 36.9 Å². The number of carbonyl (C=O) groups excluding carboxylic acids is 1. The van der Waals surface area contributed by atoms with Crippen LogP contribution in [-0.2, 0) is 10.0 Å². The minimum Gasteiger partial charge on any atom is -0.456 e. The van der Waals surface area contributed by atoms with Crippen LogP contribution in [-0.4, -0.2) is 43.0 Å². The molecule has 0 radical (unpaired) electrons. The summed E-state index contributed by atoms with van der Waals surface area (Å²) in [7, 11) is -4.01. The molecule has 0 spiro atoms. The highest BCUT2D eigenvalue weighted by Crippen LogP contribution is 2.35. The number of sulfonamides is 1. The number of anilines is 3. The van der Waals surface area contributed by atoms with Crippen LogP contribution in [0.15, 0.2) is 54.6 Å². The van der Waals surface area contributed by atoms with Gasteiger partial charge in [-0.3, -0.25) is 9.52 Å². The number of aliphatic hydroxyl groups is 2. The van der Waals surface area contributed by atoms with E-state index in [1.807, 2.05) is 22.6 Å². The fourth-order valence-corrected chi connectivity index (χ4v) is 4.66. The van der Waals surface area contributed by atoms with E-state index < -0.39 is 46.0 Å². The molecule has 35 heavy (non-hydrogen) atoms. The minimum atomic E-state index is -4.01. The highest BCUT2D eigenvalue weighted by Gasteiger charge is 2.20. The van der Waals surface area contributed by atoms with Crippen molar-refractivity contribution in [2.75, 3.05) is 22.4 Å². The molecule has 0 aromatic heterocycles. The number of hydrogen-bond donors (Lipinski definition) is 5. The molecule has 3 aromatic rings. The third kappa shape index (κ3) is 7.24. The molecule has 0 bridgehead atoms. The molecule has 9 nitrogen and oxygen atoms in total. The van der Waals surface area contributed by atoms with E-state index in [2.05, 4.69) is 10.0 Å². The van der Waals surface area contributed by atoms with E-state index in [1.54, 1.807) is 6.07 Å². The second-order valence-corrected chi connectivity index (χ2v) is 10.3. The van der Waals surface area contributed by atoms with E-state index in [0.717, 1.165) is 12.1 Å². The third-order valence-corrected chi connectivity index (χ3v) is 6.51. The molecule has 186 valence electrons. The maximum Gasteiger partial charge on any atom is 0.254 e. The van der Waals surface area contributed by atoms with E-state index >= 15 is 0 Å². The molecule has 0 fully saturated rings. The lowest BCUT2D eigenvalue weighted by Crippen LogP contribution is -2.28. The van der Waals surface area contributed by atoms with Crippen LogP contribution in [0.1, 0.15) is 10.4 Å². The van der Waals surface area contributed by atoms with Crippen LogP contribution in [0.5, 0.6) is 11.5 Å². The molecule has 3 aromatic carbocycles. The van der Waals surface area contributed by atoms with Gasteiger partial charge in [0.25, 0.3) is 5.91 Å². The molecular weight excluding hydrogens is 599 g/mol. The quantitative estimate of drug-likeness (QED) is 0.219. The van der Waals surface area contributed by atoms with Gasteiger partial charge in [0.05, 0.1) is 35.5 Å². The first-order valence-corrected chi connectivity index (χ1v) is 12.6. The fourth-order valence-electron chi connectivity index (χ4n) is 3.03. The summed E-state index contributed by atoms with van der Waals surface area (Å²) in [5.74, 6) is -3.44. The van der Waals surface area contributed by atoms with Crippen LogP contribution in [0, 0.1) is 15.2 Å². The number of amides is 1. The molecule has 3 rings (SSSR count). The van der Waals surface area contributed by atoms with Gasteiger partial charge in [-0.2, -0.15) is 0 Å². The maximum atomic E-state index is 14.4. The average Bonchev–Trinajstić information content (AvgIpc) is 2.74. The second-order valence-electron chi connectivity index (χ2n) is 7.29. The fraction of sp³-hybridized carbons (Fsp3) is 0.136. The number of nitrogens with two attached hydrogens (primary N) is 1. The number of ether oxygens (including phenoxy) is 1. The Kier molecular flexibility index (Phi) is 8.47. The number of benzene rings is 3. The summed E-state index contributed by atoms with van der Waals surface area (Å²) in [6.45, 7) is -0.734. The predicted octanol–water partition coefficient (Wildman–Crippen LogP) is 3.30. The largest absolute Gasteiger partial charge is 0.456 e. The van der Waals surface area contributed by atoms with Crippen LogP contribution in [0.25, 0.3) is 0 Å². The van der Waals surface area contributed by atoms with Gasteiger partial charge in [-0.1, -0.05) is 6.07 Å². The average molecular weight is 619 g/mol. The molecule has 1 atom stereocenters. The Morgan fingerprint density at radius 2 is 1.86 bits per heavy atom. The van der Waals surface area contributed by atoms with Crippen molar-refractivity contribution in [3.8, 4) is 11.5 Å². The van der Waals surface area contributed by atoms with Gasteiger partial charge in [0.1, 0.15) is 28.7 Å². The summed E-state index contributed by atoms with van der Waals surface area (Å²) in [6, 6.07) is 11.6. The lowest BCUT2D eigenvalue weighted by molar-refractivity contribution is 0.0999. The molecular formula is C22H20F2IN3O6S. The van der Waals surface area contributed by atoms with E-state index in [-0.39, 0.29) is 34.1 Å². The third-order valence-electron chi connectivity index (χ3n) is 4.47. The molecule has 0 aliphatic carbocycles. The number of aliphatic hydroxyl groups excluding tert-OH is 2. The van der Waals surface area contributed by atoms with Gasteiger partial charge in [-0.05, 0) is 59.0 Å². The van der Waals surface area contributed by atoms with Crippen molar-refractivity contribution in [3.05, 3.63) is 75.4 Å². The zero-order chi connectivity index (χ0) is 25.8. The Hall–Kier alpha value is -3.01. The monoisotopic (exact) mass is 619 g/mol. The van der Waals surface area contributed by atoms with Crippen LogP contribution in [0.4, 0.5) is 25.8 Å². The smallest absolute Gasteiger partial charge is 0.254 e. The molecule has 0 aliphatic heterocycles. The Morgan fingerprint density at radius 3 is 2.51 bits per heavy atom. The molecule has 1 unspecified atom stereocenters. The van der Waals surface area contributed by atoms with Crippen molar-refractivity contribution in [2.24, 2.45) is 5.73 Å². The first-order valence-electron chi connectivity index (χ1n) is 9.90. The zero-order valence-corrected chi connectivity index (χ0v) is 20.8. The Morgan fingerprint density at radius 1 is 1.11 bits per heavy atom. The number of hydrogen-bond acceptors (Lipinski definition) is 7. The standard InChI is InChI=1S/C22H20F2IN3O6S/c23-12-6-19(27-18-5-4-13(25)8-17(18)24)21(22(26)31)20(7-12)34-16-3-1-2-14(9-16)28-35(32,33)11-15(30)10-29/h1-9,15,27-30H,10-11H2,(H2,26,31). The highest BCUT2D eigenvalue weighted by molar-refractivity contribution is 14.1. The van der Waals surface area contributed by atoms with Gasteiger partial charge >= 0.3 is 0 Å². The van der Waals surface area contributed by atoms with Gasteiger partial charge in [0.2, 0.25) is 10.0 Å². The van der Waals surface area contributed by atoms with Gasteiger partial charge in [-0.25, -0.2) is 17.2 Å². The van der Waals surface area contributed by atoms with Gasteiger partial charge < -0.3 is 26.0 Å². The van der Waals surface area contributed by atoms with Crippen molar-refractivity contribution in [1.82, 2.24) is 0 Å². The second kappa shape index (κ2) is 11.2. The first-order chi connectivity index (χ1) is 16.5. The molecule has 6 N–H and O–H groups in total. The molecule has 0 saturated carbocycles. The normalized spacial score (nSPS) is 12.1. The van der Waals surface area contributed by atoms with Gasteiger partial charge in [-0.15, -0.1) is 0 Å². The summed E-state index contributed by atoms with van der Waals surface area (Å²) in [5.41, 5.74) is 5.12. The first kappa shape index (κ1) is 26.6. The number of primary amides is 1. The minimum absolute atomic E-state index is 0.0207. The summed E-state index contributed by atoms with van der Waals surface area (Å²) in [5, 5.41) is 20.9. The predicted molar refractivity (Wildman–Crippen MR) is 134 cm³/mol. The van der Waals surface area contributed by atoms with E-state index in [0.29, 0.717) is 3.57 Å². The molecule has 0 saturated heterocycles. The van der Waals surface area contributed by atoms with Crippen molar-refractivity contribution in [3.63, 3.8) is 0 Å². The molecule has 0 aliphatic rings. The maximum absolute atomic E-state index is 14.4. The number of halogens is 3. The molecule has 0 heterocycles. The topological polar surface area (TPSA) is 151 Å². The van der Waals surface area contributed by atoms with E-state index in [9.17, 15) is 27.1 Å². The lowest BCUT2D eigenvalue weighted by atomic mass is 10.1. The highest BCUT2D eigenvalue weighted by atomic mass is 127. The summed E-state index contributed by atoms with van der Waals surface area (Å²) in [4.78, 5) is 12.2. The van der Waals surface area contributed by atoms with E-state index in [4.69, 9.17) is 15.6 Å². The van der Waals surface area contributed by atoms with Crippen molar-refractivity contribution >= 4 is 55.6 Å². The summed E-state index contributed by atoms with van der Waals surface area (Å²) >= 11 is 1.92. The van der Waals surface area contributed by atoms with Crippen LogP contribution in [0.2, 0.25) is 0 Å². The van der Waals surface area contributed by atoms with Gasteiger partial charge in [0, 0.05) is 15.7 Å². The SMILES string of the molecule is NC(=O)c1c(Nc2ccc(I)cc2F)cc(F)cc1Oc1cccc(NS(=O)(=O)CC(O)CO)c1. The zero-order valence-electron chi connectivity index (χ0n) is 17.8. The van der Waals surface area contributed by atoms with E-state index in [1.165, 1.54) is 36.4 Å². The number of carbonyl (C=O) groups is 1. The summed E-state index contributed by atoms with van der Waals surface area (Å²) in [6.07, 6.45) is -1.47. The number of rotatable bonds is 10. The number of nitrogens with one attached hydrogen (secondary N) is 2. The summed E-state index contributed by atoms with van der Waals surface area (Å²) < 4.78 is 61.4. The molecule has 1 amide bonds. The van der Waals surface area contributed by atoms with Crippen molar-refractivity contribution in [1.29, 1.82) is 0 Å². The van der Waals surface area contributed by atoms with Crippen LogP contribution in [0.3, 0.4) is 0 Å². The Labute approximate surface area is 213 Å². The van der Waals surface area contributed by atoms with Crippen LogP contribution < -0.4 is 20.5 Å². The lowest BCUT2D eigenvalue weighted by Gasteiger charge is -2.16.